The fraction of sp³-hybridized carbons (Fsp3) is 0.600. The first kappa shape index (κ1) is 13.2. The number of carboxylic acid groups (broad SMARTS) is 2. The van der Waals surface area contributed by atoms with Crippen molar-refractivity contribution in [1.29, 1.82) is 0 Å². The van der Waals surface area contributed by atoms with Crippen LogP contribution in [0.2, 0.25) is 0 Å². The zero-order valence-electron chi connectivity index (χ0n) is 7.21. The minimum absolute atomic E-state index is 0. The average Bonchev–Trinajstić information content (AvgIpc) is 1.65. The second-order valence-electron chi connectivity index (χ2n) is 2.24. The van der Waals surface area contributed by atoms with Crippen LogP contribution in [0, 0.1) is 5.41 Å². The molecular formula is C5H9KO4. The number of hydrogen-bond acceptors (Lipinski definition) is 2. The van der Waals surface area contributed by atoms with Crippen molar-refractivity contribution in [3.05, 3.63) is 0 Å². The molecule has 54 valence electrons. The number of aliphatic carboxylic acids is 2. The Hall–Kier alpha value is 0.576. The molecule has 0 spiro atoms. The molecule has 0 bridgehead atoms. The molecule has 0 unspecified atom stereocenters. The van der Waals surface area contributed by atoms with E-state index in [9.17, 15) is 9.59 Å². The van der Waals surface area contributed by atoms with Gasteiger partial charge >= 0.3 is 63.3 Å². The predicted molar refractivity (Wildman–Crippen MR) is 30.2 cm³/mol. The predicted octanol–water partition coefficient (Wildman–Crippen LogP) is -2.70. The monoisotopic (exact) mass is 172 g/mol. The van der Waals surface area contributed by atoms with Crippen LogP contribution in [0.4, 0.5) is 0 Å². The Bertz CT molecular complexity index is 141. The summed E-state index contributed by atoms with van der Waals surface area (Å²) in [5, 5.41) is 16.5. The van der Waals surface area contributed by atoms with Crippen LogP contribution < -0.4 is 51.4 Å². The first-order valence-corrected chi connectivity index (χ1v) is 2.36. The molecule has 4 nitrogen and oxygen atoms in total. The van der Waals surface area contributed by atoms with Crippen LogP contribution in [-0.4, -0.2) is 22.2 Å². The van der Waals surface area contributed by atoms with Crippen molar-refractivity contribution in [3.63, 3.8) is 0 Å². The Morgan fingerprint density at radius 1 is 1.20 bits per heavy atom. The van der Waals surface area contributed by atoms with Crippen LogP contribution in [0.1, 0.15) is 15.3 Å². The fourth-order valence-corrected chi connectivity index (χ4v) is 0.0915. The summed E-state index contributed by atoms with van der Waals surface area (Å²) >= 11 is 0. The Morgan fingerprint density at radius 2 is 1.40 bits per heavy atom. The van der Waals surface area contributed by atoms with Gasteiger partial charge < -0.3 is 11.6 Å². The molecule has 0 radical (unpaired) electrons. The van der Waals surface area contributed by atoms with E-state index < -0.39 is 17.4 Å². The minimum atomic E-state index is -1.67. The summed E-state index contributed by atoms with van der Waals surface area (Å²) in [6, 6.07) is 0. The average molecular weight is 172 g/mol. The molecule has 0 aromatic carbocycles. The third-order valence-corrected chi connectivity index (χ3v) is 1.07. The zero-order chi connectivity index (χ0) is 7.65. The van der Waals surface area contributed by atoms with Crippen molar-refractivity contribution in [2.24, 2.45) is 5.41 Å². The van der Waals surface area contributed by atoms with Gasteiger partial charge in [0.1, 0.15) is 0 Å². The third-order valence-electron chi connectivity index (χ3n) is 1.07. The van der Waals surface area contributed by atoms with Crippen LogP contribution in [0.5, 0.6) is 0 Å². The van der Waals surface area contributed by atoms with Crippen molar-refractivity contribution >= 4 is 11.9 Å². The van der Waals surface area contributed by atoms with Gasteiger partial charge in [-0.25, -0.2) is 0 Å². The molecule has 0 atom stereocenters. The third kappa shape index (κ3) is 3.11. The summed E-state index contributed by atoms with van der Waals surface area (Å²) in [6.45, 7) is 2.27. The van der Waals surface area contributed by atoms with Crippen molar-refractivity contribution in [1.82, 2.24) is 0 Å². The topological polar surface area (TPSA) is 74.6 Å². The van der Waals surface area contributed by atoms with E-state index in [1.54, 1.807) is 0 Å². The minimum Gasteiger partial charge on any atom is -1.00 e. The van der Waals surface area contributed by atoms with Crippen LogP contribution in [0.3, 0.4) is 0 Å². The van der Waals surface area contributed by atoms with Crippen LogP contribution >= 0.6 is 0 Å². The van der Waals surface area contributed by atoms with E-state index >= 15 is 0 Å². The molecular weight excluding hydrogens is 163 g/mol. The summed E-state index contributed by atoms with van der Waals surface area (Å²) < 4.78 is 0. The van der Waals surface area contributed by atoms with Gasteiger partial charge in [0.25, 0.3) is 0 Å². The van der Waals surface area contributed by atoms with E-state index in [1.165, 1.54) is 0 Å². The molecule has 0 fully saturated rings. The van der Waals surface area contributed by atoms with E-state index in [4.69, 9.17) is 10.2 Å². The quantitative estimate of drug-likeness (QED) is 0.351. The molecule has 0 aromatic heterocycles. The second-order valence-corrected chi connectivity index (χ2v) is 2.24. The van der Waals surface area contributed by atoms with Crippen LogP contribution in [0.25, 0.3) is 0 Å². The van der Waals surface area contributed by atoms with Gasteiger partial charge in [0, 0.05) is 0 Å². The van der Waals surface area contributed by atoms with Crippen LogP contribution in [-0.2, 0) is 9.59 Å². The van der Waals surface area contributed by atoms with Gasteiger partial charge in [0.15, 0.2) is 5.41 Å². The van der Waals surface area contributed by atoms with Gasteiger partial charge in [-0.15, -0.1) is 0 Å². The first-order valence-electron chi connectivity index (χ1n) is 2.36. The van der Waals surface area contributed by atoms with E-state index in [1.807, 2.05) is 0 Å². The van der Waals surface area contributed by atoms with E-state index in [2.05, 4.69) is 0 Å². The summed E-state index contributed by atoms with van der Waals surface area (Å²) in [7, 11) is 0. The summed E-state index contributed by atoms with van der Waals surface area (Å²) in [6.07, 6.45) is 0. The van der Waals surface area contributed by atoms with Gasteiger partial charge in [-0.2, -0.15) is 0 Å². The van der Waals surface area contributed by atoms with Crippen molar-refractivity contribution in [2.45, 2.75) is 13.8 Å². The molecule has 0 aromatic rings. The Kier molecular flexibility index (Phi) is 5.87. The zero-order valence-corrected chi connectivity index (χ0v) is 9.33. The largest absolute Gasteiger partial charge is 1.00 e. The SMILES string of the molecule is CC(C)(C(=O)O)C(=O)O.[H-].[K+]. The van der Waals surface area contributed by atoms with E-state index in [0.29, 0.717) is 0 Å². The van der Waals surface area contributed by atoms with Gasteiger partial charge in [-0.3, -0.25) is 9.59 Å². The molecule has 0 heterocycles. The maximum atomic E-state index is 10.1. The molecule has 0 aliphatic rings. The molecule has 0 amide bonds. The van der Waals surface area contributed by atoms with Gasteiger partial charge in [-0.1, -0.05) is 0 Å². The standard InChI is InChI=1S/C5H8O4.K.H/c1-5(2,3(6)7)4(8)9;;/h1-2H3,(H,6,7)(H,8,9);;/q;+1;-1. The number of carboxylic acids is 2. The maximum Gasteiger partial charge on any atom is 1.00 e. The summed E-state index contributed by atoms with van der Waals surface area (Å²) in [5.41, 5.74) is -1.67. The molecule has 10 heavy (non-hydrogen) atoms. The van der Waals surface area contributed by atoms with E-state index in [-0.39, 0.29) is 52.8 Å². The Balaban J connectivity index is -0.000000320. The van der Waals surface area contributed by atoms with Crippen LogP contribution in [0.15, 0.2) is 0 Å². The Morgan fingerprint density at radius 3 is 1.40 bits per heavy atom. The molecule has 0 saturated heterocycles. The number of rotatable bonds is 2. The summed E-state index contributed by atoms with van der Waals surface area (Å²) in [4.78, 5) is 20.2. The van der Waals surface area contributed by atoms with Crippen molar-refractivity contribution in [2.75, 3.05) is 0 Å². The van der Waals surface area contributed by atoms with Crippen molar-refractivity contribution in [3.8, 4) is 0 Å². The molecule has 5 heteroatoms. The molecule has 0 aliphatic carbocycles. The number of carbonyl (C=O) groups is 2. The molecule has 0 aliphatic heterocycles. The van der Waals surface area contributed by atoms with E-state index in [0.717, 1.165) is 13.8 Å². The van der Waals surface area contributed by atoms with Gasteiger partial charge in [-0.05, 0) is 13.8 Å². The molecule has 2 N–H and O–H groups in total. The Labute approximate surface area is 103 Å². The van der Waals surface area contributed by atoms with Crippen molar-refractivity contribution < 1.29 is 72.6 Å². The second kappa shape index (κ2) is 4.45. The maximum absolute atomic E-state index is 10.1. The molecule has 0 rings (SSSR count). The fourth-order valence-electron chi connectivity index (χ4n) is 0.0915. The van der Waals surface area contributed by atoms with Gasteiger partial charge in [0.2, 0.25) is 0 Å². The smallest absolute Gasteiger partial charge is 1.00 e. The summed E-state index contributed by atoms with van der Waals surface area (Å²) in [5.74, 6) is -2.65. The van der Waals surface area contributed by atoms with Gasteiger partial charge in [0.05, 0.1) is 0 Å². The molecule has 0 saturated carbocycles. The number of hydrogen-bond donors (Lipinski definition) is 2. The normalized spacial score (nSPS) is 9.80. The first-order chi connectivity index (χ1) is 3.89.